The van der Waals surface area contributed by atoms with Crippen LogP contribution in [0.4, 0.5) is 5.82 Å². The lowest BCUT2D eigenvalue weighted by atomic mass is 10.00. The van der Waals surface area contributed by atoms with E-state index in [9.17, 15) is 4.79 Å². The Bertz CT molecular complexity index is 914. The highest BCUT2D eigenvalue weighted by Gasteiger charge is 2.41. The fourth-order valence-electron chi connectivity index (χ4n) is 5.69. The number of hydrogen-bond donors (Lipinski definition) is 2. The van der Waals surface area contributed by atoms with Crippen LogP contribution in [-0.4, -0.2) is 66.9 Å². The number of hydrogen-bond acceptors (Lipinski definition) is 6. The summed E-state index contributed by atoms with van der Waals surface area (Å²) in [4.78, 5) is 14.6. The Morgan fingerprint density at radius 2 is 1.88 bits per heavy atom. The first kappa shape index (κ1) is 21.3. The minimum absolute atomic E-state index is 0.101. The van der Waals surface area contributed by atoms with Gasteiger partial charge in [-0.2, -0.15) is 0 Å². The number of fused-ring (bicyclic) bond motifs is 1. The van der Waals surface area contributed by atoms with Crippen LogP contribution in [0.15, 0.2) is 36.4 Å². The maximum Gasteiger partial charge on any atom is 0.251 e. The second-order valence-corrected chi connectivity index (χ2v) is 9.57. The van der Waals surface area contributed by atoms with Gasteiger partial charge in [0.2, 0.25) is 0 Å². The molecule has 0 radical (unpaired) electrons. The minimum atomic E-state index is -0.101. The molecule has 32 heavy (non-hydrogen) atoms. The number of nitrogens with one attached hydrogen (secondary N) is 2. The van der Waals surface area contributed by atoms with E-state index in [1.165, 1.54) is 45.3 Å². The summed E-state index contributed by atoms with van der Waals surface area (Å²) >= 11 is 0. The number of amides is 1. The van der Waals surface area contributed by atoms with E-state index in [1.54, 1.807) is 13.1 Å². The summed E-state index contributed by atoms with van der Waals surface area (Å²) < 4.78 is 5.51. The van der Waals surface area contributed by atoms with Crippen molar-refractivity contribution in [2.45, 2.75) is 31.7 Å². The molecule has 2 aromatic rings. The molecule has 3 atom stereocenters. The fraction of sp³-hybridized carbons (Fsp3) is 0.560. The van der Waals surface area contributed by atoms with Gasteiger partial charge in [-0.3, -0.25) is 4.79 Å². The first-order valence-electron chi connectivity index (χ1n) is 11.9. The third-order valence-corrected chi connectivity index (χ3v) is 7.35. The zero-order valence-corrected chi connectivity index (χ0v) is 18.8. The zero-order chi connectivity index (χ0) is 21.9. The number of carbonyl (C=O) groups excluding carboxylic acids is 1. The number of nitrogens with zero attached hydrogens (tertiary/aromatic N) is 3. The van der Waals surface area contributed by atoms with Gasteiger partial charge in [0.05, 0.1) is 5.69 Å². The third kappa shape index (κ3) is 4.79. The molecular formula is C25H33N5O2. The monoisotopic (exact) mass is 435 g/mol. The summed E-state index contributed by atoms with van der Waals surface area (Å²) in [6.45, 7) is 5.62. The Morgan fingerprint density at radius 3 is 2.56 bits per heavy atom. The van der Waals surface area contributed by atoms with E-state index < -0.39 is 0 Å². The van der Waals surface area contributed by atoms with Gasteiger partial charge in [0.15, 0.2) is 0 Å². The quantitative estimate of drug-likeness (QED) is 0.726. The molecule has 3 fully saturated rings. The molecular weight excluding hydrogens is 402 g/mol. The Hall–Kier alpha value is -2.51. The standard InChI is InChI=1S/C25H33N5O2/c1-26-25(31)19-4-2-3-18(11-19)23-5-6-24(29-28-23)27-22-12-20-15-30(16-21(20)13-22)14-17-7-9-32-10-8-17/h2-6,11,17,20-22H,7-10,12-16H2,1H3,(H,26,31)(H,27,29)/t20-,21?,22?/m1/s1. The van der Waals surface area contributed by atoms with Gasteiger partial charge in [-0.15, -0.1) is 10.2 Å². The molecule has 2 unspecified atom stereocenters. The number of benzene rings is 1. The summed E-state index contributed by atoms with van der Waals surface area (Å²) in [5.74, 6) is 3.15. The van der Waals surface area contributed by atoms with Gasteiger partial charge in [0.25, 0.3) is 5.91 Å². The summed E-state index contributed by atoms with van der Waals surface area (Å²) in [7, 11) is 1.64. The lowest BCUT2D eigenvalue weighted by molar-refractivity contribution is 0.0545. The van der Waals surface area contributed by atoms with Crippen molar-refractivity contribution >= 4 is 11.7 Å². The van der Waals surface area contributed by atoms with Crippen molar-refractivity contribution in [2.24, 2.45) is 17.8 Å². The smallest absolute Gasteiger partial charge is 0.251 e. The molecule has 3 aliphatic rings. The van der Waals surface area contributed by atoms with E-state index in [4.69, 9.17) is 4.74 Å². The van der Waals surface area contributed by atoms with Crippen LogP contribution in [0.2, 0.25) is 0 Å². The van der Waals surface area contributed by atoms with Crippen LogP contribution in [0.5, 0.6) is 0 Å². The lowest BCUT2D eigenvalue weighted by Gasteiger charge is -2.27. The molecule has 1 amide bonds. The van der Waals surface area contributed by atoms with Crippen LogP contribution in [-0.2, 0) is 4.74 Å². The maximum atomic E-state index is 11.9. The minimum Gasteiger partial charge on any atom is -0.381 e. The summed E-state index contributed by atoms with van der Waals surface area (Å²) in [6, 6.07) is 11.9. The predicted octanol–water partition coefficient (Wildman–Crippen LogP) is 3.05. The van der Waals surface area contributed by atoms with Crippen molar-refractivity contribution in [2.75, 3.05) is 45.2 Å². The highest BCUT2D eigenvalue weighted by atomic mass is 16.5. The summed E-state index contributed by atoms with van der Waals surface area (Å²) in [5, 5.41) is 15.1. The van der Waals surface area contributed by atoms with E-state index in [1.807, 2.05) is 30.3 Å². The van der Waals surface area contributed by atoms with Crippen LogP contribution in [0.3, 0.4) is 0 Å². The van der Waals surface area contributed by atoms with Crippen molar-refractivity contribution < 1.29 is 9.53 Å². The van der Waals surface area contributed by atoms with E-state index >= 15 is 0 Å². The Labute approximate surface area is 189 Å². The fourth-order valence-corrected chi connectivity index (χ4v) is 5.69. The summed E-state index contributed by atoms with van der Waals surface area (Å²) in [6.07, 6.45) is 4.88. The van der Waals surface area contributed by atoms with Crippen LogP contribution < -0.4 is 10.6 Å². The number of aromatic nitrogens is 2. The number of anilines is 1. The summed E-state index contributed by atoms with van der Waals surface area (Å²) in [5.41, 5.74) is 2.29. The van der Waals surface area contributed by atoms with Gasteiger partial charge in [0.1, 0.15) is 5.82 Å². The molecule has 2 saturated heterocycles. The van der Waals surface area contributed by atoms with E-state index in [0.29, 0.717) is 11.6 Å². The average molecular weight is 436 g/mol. The van der Waals surface area contributed by atoms with Gasteiger partial charge < -0.3 is 20.3 Å². The Kier molecular flexibility index (Phi) is 6.37. The second-order valence-electron chi connectivity index (χ2n) is 9.57. The molecule has 1 saturated carbocycles. The van der Waals surface area contributed by atoms with Crippen LogP contribution >= 0.6 is 0 Å². The predicted molar refractivity (Wildman–Crippen MR) is 124 cm³/mol. The van der Waals surface area contributed by atoms with Gasteiger partial charge in [-0.1, -0.05) is 12.1 Å². The number of rotatable bonds is 6. The average Bonchev–Trinajstić information content (AvgIpc) is 3.37. The molecule has 1 aromatic heterocycles. The maximum absolute atomic E-state index is 11.9. The highest BCUT2D eigenvalue weighted by Crippen LogP contribution is 2.39. The van der Waals surface area contributed by atoms with Gasteiger partial charge in [0, 0.05) is 57.1 Å². The molecule has 0 bridgehead atoms. The van der Waals surface area contributed by atoms with Crippen molar-refractivity contribution in [1.82, 2.24) is 20.4 Å². The van der Waals surface area contributed by atoms with Crippen molar-refractivity contribution in [3.63, 3.8) is 0 Å². The largest absolute Gasteiger partial charge is 0.381 e. The van der Waals surface area contributed by atoms with Crippen molar-refractivity contribution in [1.29, 1.82) is 0 Å². The molecule has 2 aliphatic heterocycles. The SMILES string of the molecule is CNC(=O)c1cccc(-c2ccc(NC3CC4CN(CC5CCOCC5)C[C@H]4C3)nn2)c1. The van der Waals surface area contributed by atoms with E-state index in [2.05, 4.69) is 25.7 Å². The van der Waals surface area contributed by atoms with E-state index in [-0.39, 0.29) is 5.91 Å². The Morgan fingerprint density at radius 1 is 1.09 bits per heavy atom. The van der Waals surface area contributed by atoms with Crippen LogP contribution in [0.1, 0.15) is 36.0 Å². The third-order valence-electron chi connectivity index (χ3n) is 7.35. The Balaban J connectivity index is 1.14. The molecule has 7 heteroatoms. The molecule has 0 spiro atoms. The van der Waals surface area contributed by atoms with Gasteiger partial charge in [-0.25, -0.2) is 0 Å². The van der Waals surface area contributed by atoms with Crippen LogP contribution in [0.25, 0.3) is 11.3 Å². The highest BCUT2D eigenvalue weighted by molar-refractivity contribution is 5.95. The number of likely N-dealkylation sites (tertiary alicyclic amines) is 1. The molecule has 5 rings (SSSR count). The molecule has 3 heterocycles. The number of carbonyl (C=O) groups is 1. The van der Waals surface area contributed by atoms with E-state index in [0.717, 1.165) is 48.0 Å². The molecule has 2 N–H and O–H groups in total. The molecule has 1 aromatic carbocycles. The molecule has 1 aliphatic carbocycles. The molecule has 7 nitrogen and oxygen atoms in total. The van der Waals surface area contributed by atoms with Crippen molar-refractivity contribution in [3.05, 3.63) is 42.0 Å². The first-order chi connectivity index (χ1) is 15.7. The normalized spacial score (nSPS) is 26.1. The van der Waals surface area contributed by atoms with Gasteiger partial charge >= 0.3 is 0 Å². The lowest BCUT2D eigenvalue weighted by Crippen LogP contribution is -2.32. The van der Waals surface area contributed by atoms with Crippen molar-refractivity contribution in [3.8, 4) is 11.3 Å². The topological polar surface area (TPSA) is 79.4 Å². The van der Waals surface area contributed by atoms with Gasteiger partial charge in [-0.05, 0) is 67.7 Å². The second kappa shape index (κ2) is 9.55. The zero-order valence-electron chi connectivity index (χ0n) is 18.8. The first-order valence-corrected chi connectivity index (χ1v) is 11.9. The number of ether oxygens (including phenoxy) is 1. The van der Waals surface area contributed by atoms with Crippen LogP contribution in [0, 0.1) is 17.8 Å². The molecule has 170 valence electrons.